The van der Waals surface area contributed by atoms with Gasteiger partial charge in [-0.25, -0.2) is 0 Å². The Morgan fingerprint density at radius 1 is 0.181 bits per heavy atom. The summed E-state index contributed by atoms with van der Waals surface area (Å²) in [6.45, 7) is 0. The summed E-state index contributed by atoms with van der Waals surface area (Å²) in [5.74, 6) is 0. The third-order valence-corrected chi connectivity index (χ3v) is 27.3. The minimum Gasteiger partial charge on any atom is -0.309 e. The van der Waals surface area contributed by atoms with E-state index in [4.69, 9.17) is 0 Å². The molecule has 0 aliphatic carbocycles. The number of para-hydroxylation sites is 3. The maximum atomic E-state index is 2.58. The van der Waals surface area contributed by atoms with E-state index in [9.17, 15) is 0 Å². The Morgan fingerprint density at radius 3 is 0.988 bits per heavy atom. The maximum Gasteiger partial charge on any atom is 0.179 e. The largest absolute Gasteiger partial charge is 0.309 e. The molecule has 0 spiro atoms. The number of nitrogens with zero attached hydrogens (tertiary/aromatic N) is 3. The fourth-order valence-corrected chi connectivity index (χ4v) is 23.9. The van der Waals surface area contributed by atoms with Crippen LogP contribution in [0, 0.1) is 0 Å². The highest BCUT2D eigenvalue weighted by atomic mass is 28.3. The topological polar surface area (TPSA) is 14.8 Å². The molecular formula is C78H55N3Si2. The molecule has 3 nitrogen and oxygen atoms in total. The summed E-state index contributed by atoms with van der Waals surface area (Å²) in [5, 5.41) is 18.1. The Kier molecular flexibility index (Phi) is 11.6. The average Bonchev–Trinajstić information content (AvgIpc) is 3.17. The van der Waals surface area contributed by atoms with Gasteiger partial charge in [0.15, 0.2) is 16.1 Å². The van der Waals surface area contributed by atoms with Crippen LogP contribution in [0.4, 0.5) is 0 Å². The standard InChI is InChI=1S/C78H55N3Si2/c1-7-28-58(29-8-1)82(59-30-9-2-10-31-59,60-32-11-3-12-33-60)64-40-25-27-56(53-64)79-71-44-22-21-43-68(71)69-54-57(49-51-74(69)79)80-75-52-50-65(83(61-34-13-4-14-35-61,62-36-15-5-16-37-62)63-38-17-6-18-39-63)55-70(75)78-76(80)47-26-48-77(78)81-72-45-23-19-41-66(72)67-42-20-24-46-73(67)81/h1-55H. The summed E-state index contributed by atoms with van der Waals surface area (Å²) in [5.41, 5.74) is 10.4. The van der Waals surface area contributed by atoms with Crippen molar-refractivity contribution >= 4 is 123 Å². The molecule has 16 aromatic rings. The third kappa shape index (κ3) is 7.42. The van der Waals surface area contributed by atoms with Crippen LogP contribution in [0.1, 0.15) is 0 Å². The van der Waals surface area contributed by atoms with Crippen molar-refractivity contribution in [3.63, 3.8) is 0 Å². The SMILES string of the molecule is c1ccc([Si](c2ccccc2)(c2ccccc2)c2cccc(-n3c4ccccc4c4cc(-n5c6ccc([Si](c7ccccc7)(c7ccccc7)c7ccccc7)cc6c6c(-n7c8ccccc8c8ccccc87)cccc65)ccc43)c2)cc1. The van der Waals surface area contributed by atoms with Gasteiger partial charge < -0.3 is 13.7 Å². The summed E-state index contributed by atoms with van der Waals surface area (Å²) in [4.78, 5) is 0. The van der Waals surface area contributed by atoms with Crippen LogP contribution in [0.2, 0.25) is 0 Å². The first-order chi connectivity index (χ1) is 41.2. The van der Waals surface area contributed by atoms with Gasteiger partial charge in [0.25, 0.3) is 0 Å². The van der Waals surface area contributed by atoms with Gasteiger partial charge in [-0.1, -0.05) is 267 Å². The van der Waals surface area contributed by atoms with Crippen LogP contribution in [0.15, 0.2) is 334 Å². The molecule has 0 fully saturated rings. The quantitative estimate of drug-likeness (QED) is 0.0906. The monoisotopic (exact) mass is 1090 g/mol. The van der Waals surface area contributed by atoms with Gasteiger partial charge >= 0.3 is 0 Å². The van der Waals surface area contributed by atoms with Gasteiger partial charge in [0.1, 0.15) is 0 Å². The van der Waals surface area contributed by atoms with Gasteiger partial charge in [-0.2, -0.15) is 0 Å². The van der Waals surface area contributed by atoms with Crippen LogP contribution in [0.3, 0.4) is 0 Å². The molecule has 13 aromatic carbocycles. The van der Waals surface area contributed by atoms with Gasteiger partial charge in [-0.15, -0.1) is 0 Å². The molecule has 0 aliphatic rings. The molecule has 0 radical (unpaired) electrons. The van der Waals surface area contributed by atoms with Crippen molar-refractivity contribution in [2.45, 2.75) is 0 Å². The van der Waals surface area contributed by atoms with E-state index in [0.29, 0.717) is 0 Å². The number of benzene rings is 13. The van der Waals surface area contributed by atoms with Gasteiger partial charge in [0.05, 0.1) is 38.8 Å². The van der Waals surface area contributed by atoms with Crippen LogP contribution in [-0.4, -0.2) is 29.8 Å². The predicted molar refractivity (Wildman–Crippen MR) is 357 cm³/mol. The van der Waals surface area contributed by atoms with E-state index >= 15 is 0 Å². The van der Waals surface area contributed by atoms with Crippen molar-refractivity contribution in [1.29, 1.82) is 0 Å². The normalized spacial score (nSPS) is 12.1. The molecule has 390 valence electrons. The van der Waals surface area contributed by atoms with Crippen molar-refractivity contribution in [2.24, 2.45) is 0 Å². The van der Waals surface area contributed by atoms with Gasteiger partial charge in [-0.3, -0.25) is 0 Å². The molecule has 83 heavy (non-hydrogen) atoms. The first-order valence-electron chi connectivity index (χ1n) is 28.8. The lowest BCUT2D eigenvalue weighted by Gasteiger charge is -2.34. The van der Waals surface area contributed by atoms with Crippen molar-refractivity contribution in [3.8, 4) is 17.1 Å². The molecule has 3 aromatic heterocycles. The molecule has 0 aliphatic heterocycles. The lowest BCUT2D eigenvalue weighted by atomic mass is 10.1. The van der Waals surface area contributed by atoms with Gasteiger partial charge in [-0.05, 0) is 108 Å². The highest BCUT2D eigenvalue weighted by molar-refractivity contribution is 7.20. The lowest BCUT2D eigenvalue weighted by molar-refractivity contribution is 1.16. The maximum absolute atomic E-state index is 2.93. The second kappa shape index (κ2) is 19.7. The van der Waals surface area contributed by atoms with Crippen LogP contribution in [0.5, 0.6) is 0 Å². The minimum absolute atomic E-state index is 1.11. The van der Waals surface area contributed by atoms with Crippen LogP contribution in [0.25, 0.3) is 82.5 Å². The van der Waals surface area contributed by atoms with E-state index in [2.05, 4.69) is 347 Å². The molecule has 3 heterocycles. The molecule has 0 amide bonds. The zero-order chi connectivity index (χ0) is 54.9. The second-order valence-electron chi connectivity index (χ2n) is 21.9. The Labute approximate surface area is 484 Å². The van der Waals surface area contributed by atoms with E-state index in [1.807, 2.05) is 0 Å². The highest BCUT2D eigenvalue weighted by Gasteiger charge is 2.43. The fraction of sp³-hybridized carbons (Fsp3) is 0. The van der Waals surface area contributed by atoms with E-state index in [0.717, 1.165) is 33.6 Å². The number of aromatic nitrogens is 3. The van der Waals surface area contributed by atoms with Crippen LogP contribution < -0.4 is 41.5 Å². The fourth-order valence-electron chi connectivity index (χ4n) is 14.3. The number of hydrogen-bond donors (Lipinski definition) is 0. The number of hydrogen-bond acceptors (Lipinski definition) is 0. The van der Waals surface area contributed by atoms with Crippen LogP contribution >= 0.6 is 0 Å². The van der Waals surface area contributed by atoms with Gasteiger partial charge in [0.2, 0.25) is 0 Å². The van der Waals surface area contributed by atoms with Crippen molar-refractivity contribution in [2.75, 3.05) is 0 Å². The summed E-state index contributed by atoms with van der Waals surface area (Å²) in [6.07, 6.45) is 0. The molecule has 0 unspecified atom stereocenters. The Bertz CT molecular complexity index is 4820. The summed E-state index contributed by atoms with van der Waals surface area (Å²) >= 11 is 0. The lowest BCUT2D eigenvalue weighted by Crippen LogP contribution is -2.74. The zero-order valence-electron chi connectivity index (χ0n) is 45.6. The molecule has 0 atom stereocenters. The first-order valence-corrected chi connectivity index (χ1v) is 32.8. The summed E-state index contributed by atoms with van der Waals surface area (Å²) < 4.78 is 7.54. The van der Waals surface area contributed by atoms with E-state index in [1.165, 1.54) is 90.4 Å². The van der Waals surface area contributed by atoms with Crippen molar-refractivity contribution < 1.29 is 0 Å². The van der Waals surface area contributed by atoms with Crippen molar-refractivity contribution in [1.82, 2.24) is 13.7 Å². The average molecular weight is 1090 g/mol. The van der Waals surface area contributed by atoms with E-state index in [1.54, 1.807) is 0 Å². The van der Waals surface area contributed by atoms with E-state index < -0.39 is 16.1 Å². The molecule has 16 rings (SSSR count). The molecular weight excluding hydrogens is 1040 g/mol. The molecule has 0 N–H and O–H groups in total. The van der Waals surface area contributed by atoms with Gasteiger partial charge in [0, 0.05) is 43.7 Å². The summed E-state index contributed by atoms with van der Waals surface area (Å²) in [7, 11) is -5.75. The minimum atomic E-state index is -2.93. The van der Waals surface area contributed by atoms with Crippen molar-refractivity contribution in [3.05, 3.63) is 334 Å². The molecule has 0 saturated carbocycles. The summed E-state index contributed by atoms with van der Waals surface area (Å²) in [6, 6.07) is 125. The molecule has 0 bridgehead atoms. The molecule has 0 saturated heterocycles. The Morgan fingerprint density at radius 2 is 0.506 bits per heavy atom. The highest BCUT2D eigenvalue weighted by Crippen LogP contribution is 2.41. The third-order valence-electron chi connectivity index (χ3n) is 17.7. The smallest absolute Gasteiger partial charge is 0.179 e. The molecule has 5 heteroatoms. The Hall–Kier alpha value is -10.3. The predicted octanol–water partition coefficient (Wildman–Crippen LogP) is 13.7. The zero-order valence-corrected chi connectivity index (χ0v) is 47.6. The number of rotatable bonds is 11. The number of fused-ring (bicyclic) bond motifs is 9. The Balaban J connectivity index is 0.963. The second-order valence-corrected chi connectivity index (χ2v) is 29.5. The van der Waals surface area contributed by atoms with Crippen LogP contribution in [-0.2, 0) is 0 Å². The van der Waals surface area contributed by atoms with E-state index in [-0.39, 0.29) is 0 Å². The first kappa shape index (κ1) is 48.6.